The molecule has 6 heteroatoms. The summed E-state index contributed by atoms with van der Waals surface area (Å²) < 4.78 is 0. The molecule has 3 aromatic rings. The summed E-state index contributed by atoms with van der Waals surface area (Å²) in [6.45, 7) is 7.66. The molecule has 0 radical (unpaired) electrons. The molecule has 1 atom stereocenters. The van der Waals surface area contributed by atoms with Crippen LogP contribution < -0.4 is 10.6 Å². The maximum Gasteiger partial charge on any atom is 0.325 e. The highest BCUT2D eigenvalue weighted by molar-refractivity contribution is 6.09. The van der Waals surface area contributed by atoms with E-state index >= 15 is 0 Å². The van der Waals surface area contributed by atoms with Gasteiger partial charge < -0.3 is 10.6 Å². The van der Waals surface area contributed by atoms with E-state index < -0.39 is 29.4 Å². The van der Waals surface area contributed by atoms with Gasteiger partial charge in [0.25, 0.3) is 5.91 Å². The summed E-state index contributed by atoms with van der Waals surface area (Å²) in [5.41, 5.74) is 2.37. The molecule has 1 heterocycles. The van der Waals surface area contributed by atoms with Crippen LogP contribution in [0.5, 0.6) is 0 Å². The van der Waals surface area contributed by atoms with Gasteiger partial charge in [-0.3, -0.25) is 14.5 Å². The SMILES string of the molecule is CC(C)(C)c1ccc([C@@]2(C)NC(=O)N(CC(=O)NC(c3ccccc3)c3ccccc3)C2=O)cc1. The Hall–Kier alpha value is -3.93. The van der Waals surface area contributed by atoms with Crippen molar-refractivity contribution in [3.8, 4) is 0 Å². The number of carbonyl (C=O) groups excluding carboxylic acids is 3. The molecule has 4 amide bonds. The van der Waals surface area contributed by atoms with Gasteiger partial charge in [0, 0.05) is 0 Å². The summed E-state index contributed by atoms with van der Waals surface area (Å²) in [4.78, 5) is 40.2. The molecule has 4 rings (SSSR count). The Morgan fingerprint density at radius 2 is 1.40 bits per heavy atom. The second kappa shape index (κ2) is 9.37. The molecular weight excluding hydrogens is 438 g/mol. The number of hydrogen-bond donors (Lipinski definition) is 2. The lowest BCUT2D eigenvalue weighted by Crippen LogP contribution is -2.44. The Bertz CT molecular complexity index is 1180. The minimum absolute atomic E-state index is 0.0272. The Balaban J connectivity index is 1.52. The molecule has 180 valence electrons. The Morgan fingerprint density at radius 3 is 1.89 bits per heavy atom. The first kappa shape index (κ1) is 24.2. The van der Waals surface area contributed by atoms with E-state index in [2.05, 4.69) is 31.4 Å². The molecule has 0 aromatic heterocycles. The number of imide groups is 1. The van der Waals surface area contributed by atoms with Gasteiger partial charge in [-0.15, -0.1) is 0 Å². The zero-order valence-corrected chi connectivity index (χ0v) is 20.5. The number of nitrogens with one attached hydrogen (secondary N) is 2. The summed E-state index contributed by atoms with van der Waals surface area (Å²) in [6.07, 6.45) is 0. The van der Waals surface area contributed by atoms with Gasteiger partial charge in [0.05, 0.1) is 6.04 Å². The molecule has 1 aliphatic heterocycles. The largest absolute Gasteiger partial charge is 0.344 e. The maximum atomic E-state index is 13.3. The third-order valence-electron chi connectivity index (χ3n) is 6.48. The van der Waals surface area contributed by atoms with E-state index in [1.165, 1.54) is 0 Å². The smallest absolute Gasteiger partial charge is 0.325 e. The first-order valence-corrected chi connectivity index (χ1v) is 11.7. The fourth-order valence-corrected chi connectivity index (χ4v) is 4.34. The average Bonchev–Trinajstić information content (AvgIpc) is 3.07. The van der Waals surface area contributed by atoms with Crippen molar-refractivity contribution in [2.45, 2.75) is 44.7 Å². The van der Waals surface area contributed by atoms with Crippen molar-refractivity contribution in [2.75, 3.05) is 6.54 Å². The maximum absolute atomic E-state index is 13.3. The molecule has 0 bridgehead atoms. The highest BCUT2D eigenvalue weighted by Gasteiger charge is 2.49. The van der Waals surface area contributed by atoms with Crippen LogP contribution in [-0.4, -0.2) is 29.3 Å². The van der Waals surface area contributed by atoms with E-state index in [-0.39, 0.29) is 12.0 Å². The van der Waals surface area contributed by atoms with E-state index in [4.69, 9.17) is 0 Å². The van der Waals surface area contributed by atoms with Crippen LogP contribution in [0.15, 0.2) is 84.9 Å². The molecule has 3 aromatic carbocycles. The minimum Gasteiger partial charge on any atom is -0.344 e. The van der Waals surface area contributed by atoms with Gasteiger partial charge in [0.2, 0.25) is 5.91 Å². The van der Waals surface area contributed by atoms with Crippen molar-refractivity contribution in [1.29, 1.82) is 0 Å². The standard InChI is InChI=1S/C29H31N3O3/c1-28(2,3)22-15-17-23(18-16-22)29(4)26(34)32(27(35)31-29)19-24(33)30-25(20-11-7-5-8-12-20)21-13-9-6-10-14-21/h5-18,25H,19H2,1-4H3,(H,30,33)(H,31,35)/t29-/m1/s1. The minimum atomic E-state index is -1.23. The van der Waals surface area contributed by atoms with E-state index in [1.54, 1.807) is 6.92 Å². The lowest BCUT2D eigenvalue weighted by Gasteiger charge is -2.25. The van der Waals surface area contributed by atoms with Gasteiger partial charge in [-0.05, 0) is 34.6 Å². The predicted octanol–water partition coefficient (Wildman–Crippen LogP) is 4.66. The molecule has 1 saturated heterocycles. The summed E-state index contributed by atoms with van der Waals surface area (Å²) in [6, 6.07) is 25.9. The van der Waals surface area contributed by atoms with Gasteiger partial charge >= 0.3 is 6.03 Å². The number of benzene rings is 3. The van der Waals surface area contributed by atoms with Crippen molar-refractivity contribution in [3.63, 3.8) is 0 Å². The van der Waals surface area contributed by atoms with E-state index in [9.17, 15) is 14.4 Å². The van der Waals surface area contributed by atoms with Crippen LogP contribution in [0.2, 0.25) is 0 Å². The molecular formula is C29H31N3O3. The van der Waals surface area contributed by atoms with Gasteiger partial charge in [-0.1, -0.05) is 106 Å². The third-order valence-corrected chi connectivity index (χ3v) is 6.48. The molecule has 0 saturated carbocycles. The van der Waals surface area contributed by atoms with Crippen LogP contribution >= 0.6 is 0 Å². The average molecular weight is 470 g/mol. The zero-order chi connectivity index (χ0) is 25.2. The predicted molar refractivity (Wildman–Crippen MR) is 136 cm³/mol. The van der Waals surface area contributed by atoms with E-state index in [1.807, 2.05) is 84.9 Å². The van der Waals surface area contributed by atoms with E-state index in [0.29, 0.717) is 5.56 Å². The highest BCUT2D eigenvalue weighted by atomic mass is 16.2. The summed E-state index contributed by atoms with van der Waals surface area (Å²) in [5, 5.41) is 5.78. The Kier molecular flexibility index (Phi) is 6.48. The monoisotopic (exact) mass is 469 g/mol. The number of urea groups is 1. The second-order valence-electron chi connectivity index (χ2n) is 10.1. The molecule has 0 aliphatic carbocycles. The van der Waals surface area contributed by atoms with Gasteiger partial charge in [-0.2, -0.15) is 0 Å². The van der Waals surface area contributed by atoms with Crippen molar-refractivity contribution in [3.05, 3.63) is 107 Å². The fraction of sp³-hybridized carbons (Fsp3) is 0.276. The number of nitrogens with zero attached hydrogens (tertiary/aromatic N) is 1. The van der Waals surface area contributed by atoms with Crippen LogP contribution in [0.25, 0.3) is 0 Å². The van der Waals surface area contributed by atoms with Gasteiger partial charge in [-0.25, -0.2) is 4.79 Å². The molecule has 35 heavy (non-hydrogen) atoms. The number of carbonyl (C=O) groups is 3. The molecule has 0 unspecified atom stereocenters. The Morgan fingerprint density at radius 1 is 0.886 bits per heavy atom. The number of amides is 4. The topological polar surface area (TPSA) is 78.5 Å². The van der Waals surface area contributed by atoms with Gasteiger partial charge in [0.1, 0.15) is 12.1 Å². The van der Waals surface area contributed by atoms with Crippen LogP contribution in [0.4, 0.5) is 4.79 Å². The second-order valence-corrected chi connectivity index (χ2v) is 10.1. The van der Waals surface area contributed by atoms with Gasteiger partial charge in [0.15, 0.2) is 0 Å². The molecule has 0 spiro atoms. The quantitative estimate of drug-likeness (QED) is 0.516. The van der Waals surface area contributed by atoms with E-state index in [0.717, 1.165) is 21.6 Å². The molecule has 2 N–H and O–H groups in total. The normalized spacial score (nSPS) is 18.0. The van der Waals surface area contributed by atoms with Crippen molar-refractivity contribution >= 4 is 17.8 Å². The fourth-order valence-electron chi connectivity index (χ4n) is 4.34. The Labute approximate surface area is 206 Å². The zero-order valence-electron chi connectivity index (χ0n) is 20.5. The van der Waals surface area contributed by atoms with Crippen LogP contribution in [0, 0.1) is 0 Å². The molecule has 6 nitrogen and oxygen atoms in total. The third kappa shape index (κ3) is 4.97. The highest BCUT2D eigenvalue weighted by Crippen LogP contribution is 2.31. The number of hydrogen-bond acceptors (Lipinski definition) is 3. The lowest BCUT2D eigenvalue weighted by molar-refractivity contribution is -0.135. The number of rotatable bonds is 6. The summed E-state index contributed by atoms with van der Waals surface area (Å²) in [5.74, 6) is -0.865. The lowest BCUT2D eigenvalue weighted by atomic mass is 9.84. The first-order valence-electron chi connectivity index (χ1n) is 11.7. The first-order chi connectivity index (χ1) is 16.6. The van der Waals surface area contributed by atoms with Crippen molar-refractivity contribution in [1.82, 2.24) is 15.5 Å². The summed E-state index contributed by atoms with van der Waals surface area (Å²) in [7, 11) is 0. The van der Waals surface area contributed by atoms with Crippen molar-refractivity contribution < 1.29 is 14.4 Å². The van der Waals surface area contributed by atoms with Crippen LogP contribution in [-0.2, 0) is 20.5 Å². The van der Waals surface area contributed by atoms with Crippen LogP contribution in [0.3, 0.4) is 0 Å². The summed E-state index contributed by atoms with van der Waals surface area (Å²) >= 11 is 0. The molecule has 1 fully saturated rings. The van der Waals surface area contributed by atoms with Crippen molar-refractivity contribution in [2.24, 2.45) is 0 Å². The van der Waals surface area contributed by atoms with Crippen LogP contribution in [0.1, 0.15) is 56.0 Å². The molecule has 1 aliphatic rings.